The zero-order valence-electron chi connectivity index (χ0n) is 20.6. The molecule has 2 aromatic heterocycles. The van der Waals surface area contributed by atoms with Gasteiger partial charge in [-0.15, -0.1) is 0 Å². The molecule has 3 heterocycles. The van der Waals surface area contributed by atoms with Gasteiger partial charge >= 0.3 is 6.18 Å². The highest BCUT2D eigenvalue weighted by molar-refractivity contribution is 5.98. The number of carbonyl (C=O) groups excluding carboxylic acids is 2. The van der Waals surface area contributed by atoms with Crippen molar-refractivity contribution in [1.82, 2.24) is 24.8 Å². The van der Waals surface area contributed by atoms with Gasteiger partial charge in [0, 0.05) is 36.9 Å². The fraction of sp³-hybridized carbons (Fsp3) is 0.417. The number of anilines is 1. The molecule has 2 atom stereocenters. The molecule has 2 amide bonds. The number of nitrogens with one attached hydrogen (secondary N) is 1. The molecule has 0 spiro atoms. The zero-order valence-corrected chi connectivity index (χ0v) is 20.6. The Hall–Kier alpha value is -4.11. The van der Waals surface area contributed by atoms with Gasteiger partial charge in [-0.05, 0) is 12.1 Å². The van der Waals surface area contributed by atoms with Crippen molar-refractivity contribution in [2.24, 2.45) is 5.92 Å². The molecule has 1 saturated carbocycles. The second-order valence-electron chi connectivity index (χ2n) is 9.68. The monoisotopic (exact) mass is 574 g/mol. The van der Waals surface area contributed by atoms with Crippen LogP contribution in [0.2, 0.25) is 0 Å². The number of methoxy groups -OCH3 is 1. The van der Waals surface area contributed by atoms with E-state index in [2.05, 4.69) is 15.4 Å². The highest BCUT2D eigenvalue weighted by atomic mass is 19.4. The Labute approximate surface area is 221 Å². The molecule has 16 heteroatoms. The summed E-state index contributed by atoms with van der Waals surface area (Å²) in [6.07, 6.45) is -7.02. The number of aromatic nitrogens is 3. The maximum atomic E-state index is 15.1. The van der Waals surface area contributed by atoms with E-state index < -0.39 is 95.4 Å². The number of alkyl halides is 6. The largest absolute Gasteiger partial charge is 0.496 e. The highest BCUT2D eigenvalue weighted by Crippen LogP contribution is 2.44. The van der Waals surface area contributed by atoms with Gasteiger partial charge in [0.25, 0.3) is 5.91 Å². The third kappa shape index (κ3) is 4.75. The standard InChI is InChI=1S/C24H21F7N6O3/c1-40-18-4-14(25)11(17-3-13(24(29,30)31)19-20(32)33-9-34-37(17)19)2-12(18)21(38)35-16-8-36(7-15(16)26)22(39)10-5-23(27,28)6-10/h2-4,9-10,15-16H,5-8H2,1H3,(H,35,38)(H2,32,33,34)/t15?,16-/m1/s1. The second kappa shape index (κ2) is 9.52. The number of carbonyl (C=O) groups is 2. The third-order valence-electron chi connectivity index (χ3n) is 7.01. The summed E-state index contributed by atoms with van der Waals surface area (Å²) >= 11 is 0. The van der Waals surface area contributed by atoms with Crippen LogP contribution in [0.4, 0.5) is 36.6 Å². The van der Waals surface area contributed by atoms with Crippen LogP contribution in [-0.2, 0) is 11.0 Å². The number of likely N-dealkylation sites (tertiary alicyclic amines) is 1. The summed E-state index contributed by atoms with van der Waals surface area (Å²) in [4.78, 5) is 30.2. The number of rotatable bonds is 5. The Morgan fingerprint density at radius 2 is 1.88 bits per heavy atom. The minimum Gasteiger partial charge on any atom is -0.496 e. The number of nitrogen functional groups attached to an aromatic ring is 1. The molecule has 214 valence electrons. The smallest absolute Gasteiger partial charge is 0.418 e. The van der Waals surface area contributed by atoms with Crippen LogP contribution in [0, 0.1) is 11.7 Å². The summed E-state index contributed by atoms with van der Waals surface area (Å²) in [5.41, 5.74) is 2.57. The predicted molar refractivity (Wildman–Crippen MR) is 125 cm³/mol. The zero-order chi connectivity index (χ0) is 29.1. The molecular weight excluding hydrogens is 553 g/mol. The lowest BCUT2D eigenvalue weighted by Crippen LogP contribution is -2.47. The summed E-state index contributed by atoms with van der Waals surface area (Å²) in [5, 5.41) is 6.14. The number of nitrogens with two attached hydrogens (primary N) is 1. The molecule has 9 nitrogen and oxygen atoms in total. The Kier molecular flexibility index (Phi) is 6.53. The fourth-order valence-corrected chi connectivity index (χ4v) is 4.99. The average molecular weight is 574 g/mol. The average Bonchev–Trinajstić information content (AvgIpc) is 3.43. The molecule has 1 aromatic carbocycles. The molecule has 2 fully saturated rings. The van der Waals surface area contributed by atoms with E-state index in [9.17, 15) is 35.9 Å². The summed E-state index contributed by atoms with van der Waals surface area (Å²) in [7, 11) is 1.12. The van der Waals surface area contributed by atoms with Gasteiger partial charge < -0.3 is 20.7 Å². The van der Waals surface area contributed by atoms with Gasteiger partial charge in [0.2, 0.25) is 11.8 Å². The number of fused-ring (bicyclic) bond motifs is 1. The molecule has 2 aliphatic rings. The van der Waals surface area contributed by atoms with Gasteiger partial charge in [-0.25, -0.2) is 27.1 Å². The van der Waals surface area contributed by atoms with Crippen LogP contribution >= 0.6 is 0 Å². The van der Waals surface area contributed by atoms with Gasteiger partial charge in [-0.1, -0.05) is 0 Å². The van der Waals surface area contributed by atoms with E-state index >= 15 is 4.39 Å². The van der Waals surface area contributed by atoms with Crippen LogP contribution in [0.5, 0.6) is 5.75 Å². The van der Waals surface area contributed by atoms with E-state index in [1.807, 2.05) is 0 Å². The first kappa shape index (κ1) is 27.5. The molecule has 1 unspecified atom stereocenters. The number of amides is 2. The molecule has 5 rings (SSSR count). The molecule has 1 aliphatic carbocycles. The molecule has 3 aromatic rings. The topological polar surface area (TPSA) is 115 Å². The molecule has 40 heavy (non-hydrogen) atoms. The van der Waals surface area contributed by atoms with E-state index in [4.69, 9.17) is 10.5 Å². The minimum atomic E-state index is -4.90. The lowest BCUT2D eigenvalue weighted by Gasteiger charge is -2.36. The first-order valence-corrected chi connectivity index (χ1v) is 11.9. The van der Waals surface area contributed by atoms with Crippen LogP contribution in [0.25, 0.3) is 16.8 Å². The van der Waals surface area contributed by atoms with E-state index in [1.165, 1.54) is 0 Å². The number of nitrogens with zero attached hydrogens (tertiary/aromatic N) is 4. The van der Waals surface area contributed by atoms with Crippen LogP contribution in [0.3, 0.4) is 0 Å². The molecule has 0 bridgehead atoms. The summed E-state index contributed by atoms with van der Waals surface area (Å²) in [6, 6.07) is 1.07. The maximum absolute atomic E-state index is 15.1. The van der Waals surface area contributed by atoms with E-state index in [1.54, 1.807) is 0 Å². The van der Waals surface area contributed by atoms with Crippen molar-refractivity contribution in [2.75, 3.05) is 25.9 Å². The second-order valence-corrected chi connectivity index (χ2v) is 9.68. The Morgan fingerprint density at radius 1 is 1.18 bits per heavy atom. The number of hydrogen-bond acceptors (Lipinski definition) is 6. The SMILES string of the molecule is COc1cc(F)c(-c2cc(C(F)(F)F)c3c(N)ncnn23)cc1C(=O)N[C@@H]1CN(C(=O)C2CC(F)(F)C2)CC1F. The van der Waals surface area contributed by atoms with Gasteiger partial charge in [-0.2, -0.15) is 18.3 Å². The molecule has 1 saturated heterocycles. The van der Waals surface area contributed by atoms with Crippen molar-refractivity contribution in [3.05, 3.63) is 41.5 Å². The van der Waals surface area contributed by atoms with Crippen molar-refractivity contribution in [2.45, 2.75) is 37.2 Å². The van der Waals surface area contributed by atoms with Crippen molar-refractivity contribution in [1.29, 1.82) is 0 Å². The lowest BCUT2D eigenvalue weighted by molar-refractivity contribution is -0.159. The number of benzene rings is 1. The predicted octanol–water partition coefficient (Wildman–Crippen LogP) is 3.47. The normalized spacial score (nSPS) is 20.9. The number of hydrogen-bond donors (Lipinski definition) is 2. The van der Waals surface area contributed by atoms with Crippen molar-refractivity contribution < 1.29 is 45.1 Å². The van der Waals surface area contributed by atoms with Crippen LogP contribution in [0.1, 0.15) is 28.8 Å². The Morgan fingerprint density at radius 3 is 2.50 bits per heavy atom. The molecule has 3 N–H and O–H groups in total. The van der Waals surface area contributed by atoms with Gasteiger partial charge in [-0.3, -0.25) is 9.59 Å². The summed E-state index contributed by atoms with van der Waals surface area (Å²) < 4.78 is 103. The van der Waals surface area contributed by atoms with E-state index in [-0.39, 0.29) is 17.9 Å². The van der Waals surface area contributed by atoms with Crippen molar-refractivity contribution in [3.8, 4) is 17.0 Å². The summed E-state index contributed by atoms with van der Waals surface area (Å²) in [5.74, 6) is -7.37. The highest BCUT2D eigenvalue weighted by Gasteiger charge is 2.51. The first-order valence-electron chi connectivity index (χ1n) is 11.9. The van der Waals surface area contributed by atoms with Crippen LogP contribution in [0.15, 0.2) is 24.5 Å². The van der Waals surface area contributed by atoms with Gasteiger partial charge in [0.1, 0.15) is 29.6 Å². The van der Waals surface area contributed by atoms with Gasteiger partial charge in [0.15, 0.2) is 5.82 Å². The van der Waals surface area contributed by atoms with Crippen LogP contribution in [-0.4, -0.2) is 69.6 Å². The van der Waals surface area contributed by atoms with E-state index in [0.717, 1.165) is 35.0 Å². The Balaban J connectivity index is 1.45. The molecule has 0 radical (unpaired) electrons. The lowest BCUT2D eigenvalue weighted by atomic mass is 9.80. The summed E-state index contributed by atoms with van der Waals surface area (Å²) in [6.45, 7) is -0.714. The third-order valence-corrected chi connectivity index (χ3v) is 7.01. The minimum absolute atomic E-state index is 0.293. The molecular formula is C24H21F7N6O3. The van der Waals surface area contributed by atoms with E-state index in [0.29, 0.717) is 6.07 Å². The van der Waals surface area contributed by atoms with Crippen LogP contribution < -0.4 is 15.8 Å². The van der Waals surface area contributed by atoms with Crippen molar-refractivity contribution in [3.63, 3.8) is 0 Å². The number of ether oxygens (including phenoxy) is 1. The van der Waals surface area contributed by atoms with Gasteiger partial charge in [0.05, 0.1) is 36.5 Å². The Bertz CT molecular complexity index is 1500. The maximum Gasteiger partial charge on any atom is 0.418 e. The number of halogens is 7. The quantitative estimate of drug-likeness (QED) is 0.452. The fourth-order valence-electron chi connectivity index (χ4n) is 4.99. The molecule has 1 aliphatic heterocycles. The first-order chi connectivity index (χ1) is 18.7. The van der Waals surface area contributed by atoms with Crippen molar-refractivity contribution >= 4 is 23.1 Å².